The van der Waals surface area contributed by atoms with Crippen molar-refractivity contribution >= 4 is 0 Å². The summed E-state index contributed by atoms with van der Waals surface area (Å²) in [4.78, 5) is 0. The first-order valence-electron chi connectivity index (χ1n) is 16.4. The highest BCUT2D eigenvalue weighted by molar-refractivity contribution is 5.39. The first-order valence-corrected chi connectivity index (χ1v) is 16.4. The number of hydrogen-bond acceptors (Lipinski definition) is 4. The molecule has 1 saturated heterocycles. The van der Waals surface area contributed by atoms with Crippen molar-refractivity contribution in [2.24, 2.45) is 34.5 Å². The molecular weight excluding hydrogens is 580 g/mol. The SMILES string of the molecule is C=CCC1NCC2C(CC[C@]3(C)C(C(=C)NC(c4ccc(OC(F)F)cc4)c4ccc(OC(F)F)cc4)CCC23)[C@@]1(C)CCC. The normalized spacial score (nSPS) is 31.0. The lowest BCUT2D eigenvalue weighted by Gasteiger charge is -2.59. The molecule has 7 atom stereocenters. The van der Waals surface area contributed by atoms with Crippen molar-refractivity contribution in [1.82, 2.24) is 10.6 Å². The van der Waals surface area contributed by atoms with Gasteiger partial charge in [-0.2, -0.15) is 17.6 Å². The van der Waals surface area contributed by atoms with Gasteiger partial charge >= 0.3 is 13.2 Å². The van der Waals surface area contributed by atoms with Crippen LogP contribution in [0.5, 0.6) is 11.5 Å². The minimum Gasteiger partial charge on any atom is -0.435 e. The highest BCUT2D eigenvalue weighted by atomic mass is 19.3. The zero-order chi connectivity index (χ0) is 32.4. The third-order valence-electron chi connectivity index (χ3n) is 11.5. The molecule has 0 radical (unpaired) electrons. The van der Waals surface area contributed by atoms with Gasteiger partial charge in [-0.05, 0) is 109 Å². The molecule has 4 nitrogen and oxygen atoms in total. The molecule has 45 heavy (non-hydrogen) atoms. The summed E-state index contributed by atoms with van der Waals surface area (Å²) < 4.78 is 60.4. The third kappa shape index (κ3) is 6.77. The van der Waals surface area contributed by atoms with E-state index in [4.69, 9.17) is 0 Å². The molecule has 0 spiro atoms. The Morgan fingerprint density at radius 2 is 1.51 bits per heavy atom. The van der Waals surface area contributed by atoms with Gasteiger partial charge in [0.25, 0.3) is 0 Å². The largest absolute Gasteiger partial charge is 0.435 e. The van der Waals surface area contributed by atoms with Crippen molar-refractivity contribution in [1.29, 1.82) is 0 Å². The maximum atomic E-state index is 12.8. The lowest BCUT2D eigenvalue weighted by molar-refractivity contribution is -0.0783. The van der Waals surface area contributed by atoms with Crippen molar-refractivity contribution in [2.75, 3.05) is 6.54 Å². The van der Waals surface area contributed by atoms with Gasteiger partial charge < -0.3 is 20.1 Å². The Morgan fingerprint density at radius 3 is 2.02 bits per heavy atom. The van der Waals surface area contributed by atoms with Crippen LogP contribution in [0.2, 0.25) is 0 Å². The van der Waals surface area contributed by atoms with Gasteiger partial charge in [-0.1, -0.05) is 64.1 Å². The van der Waals surface area contributed by atoms with E-state index in [2.05, 4.69) is 60.1 Å². The summed E-state index contributed by atoms with van der Waals surface area (Å²) in [5.41, 5.74) is 2.94. The predicted octanol–water partition coefficient (Wildman–Crippen LogP) is 9.50. The number of allylic oxidation sites excluding steroid dienone is 1. The molecule has 3 aliphatic rings. The van der Waals surface area contributed by atoms with E-state index in [1.165, 1.54) is 43.5 Å². The van der Waals surface area contributed by atoms with Crippen molar-refractivity contribution in [2.45, 2.75) is 91.0 Å². The van der Waals surface area contributed by atoms with Gasteiger partial charge in [0, 0.05) is 17.7 Å². The van der Waals surface area contributed by atoms with Crippen LogP contribution in [0.15, 0.2) is 73.5 Å². The summed E-state index contributed by atoms with van der Waals surface area (Å²) in [6.07, 6.45) is 10.0. The summed E-state index contributed by atoms with van der Waals surface area (Å²) in [5, 5.41) is 7.66. The Kier molecular flexibility index (Phi) is 10.2. The van der Waals surface area contributed by atoms with Gasteiger partial charge in [0.05, 0.1) is 6.04 Å². The predicted molar refractivity (Wildman–Crippen MR) is 170 cm³/mol. The van der Waals surface area contributed by atoms with Gasteiger partial charge in [0.1, 0.15) is 11.5 Å². The molecule has 0 amide bonds. The zero-order valence-electron chi connectivity index (χ0n) is 26.7. The molecule has 2 aromatic rings. The van der Waals surface area contributed by atoms with Crippen LogP contribution < -0.4 is 20.1 Å². The number of halogens is 4. The van der Waals surface area contributed by atoms with Crippen LogP contribution in [-0.2, 0) is 0 Å². The van der Waals surface area contributed by atoms with E-state index < -0.39 is 13.2 Å². The molecule has 3 fully saturated rings. The Hall–Kier alpha value is -3.00. The molecule has 0 aromatic heterocycles. The summed E-state index contributed by atoms with van der Waals surface area (Å²) in [6.45, 7) is 11.1. The lowest BCUT2D eigenvalue weighted by atomic mass is 9.49. The van der Waals surface area contributed by atoms with Crippen LogP contribution in [-0.4, -0.2) is 25.8 Å². The summed E-state index contributed by atoms with van der Waals surface area (Å²) in [6, 6.07) is 13.2. The van der Waals surface area contributed by atoms with E-state index in [0.717, 1.165) is 49.1 Å². The second kappa shape index (κ2) is 13.8. The first kappa shape index (κ1) is 33.4. The minimum atomic E-state index is -2.91. The average Bonchev–Trinajstić information content (AvgIpc) is 3.35. The van der Waals surface area contributed by atoms with E-state index >= 15 is 0 Å². The number of alkyl halides is 4. The van der Waals surface area contributed by atoms with Crippen molar-refractivity contribution in [3.05, 3.63) is 84.6 Å². The standard InChI is InChI=1S/C37H48F4N2O2/c1-6-8-32-37(5,20-7-2)31-19-21-36(4)29(17-18-30(36)28(31)22-42-32)23(3)43-33(24-9-13-26(14-10-24)44-34(38)39)25-11-15-27(16-12-25)45-35(40)41/h6,9-16,28-35,42-43H,1,3,7-8,17-22H2,2,4-5H3/t28?,29?,30?,31?,32?,36-,37-/m1/s1. The Labute approximate surface area is 265 Å². The van der Waals surface area contributed by atoms with E-state index in [1.807, 2.05) is 0 Å². The first-order chi connectivity index (χ1) is 21.5. The molecular formula is C37H48F4N2O2. The van der Waals surface area contributed by atoms with Gasteiger partial charge in [0.2, 0.25) is 0 Å². The van der Waals surface area contributed by atoms with Crippen LogP contribution in [0.3, 0.4) is 0 Å². The molecule has 1 aliphatic heterocycles. The minimum absolute atomic E-state index is 0.0707. The number of benzene rings is 2. The third-order valence-corrected chi connectivity index (χ3v) is 11.5. The van der Waals surface area contributed by atoms with Crippen LogP contribution in [0.4, 0.5) is 17.6 Å². The molecule has 2 aliphatic carbocycles. The maximum absolute atomic E-state index is 12.8. The topological polar surface area (TPSA) is 42.5 Å². The summed E-state index contributed by atoms with van der Waals surface area (Å²) in [5.74, 6) is 2.28. The van der Waals surface area contributed by atoms with Crippen LogP contribution >= 0.6 is 0 Å². The molecule has 2 N–H and O–H groups in total. The smallest absolute Gasteiger partial charge is 0.387 e. The molecule has 2 saturated carbocycles. The Bertz CT molecular complexity index is 1250. The second-order valence-corrected chi connectivity index (χ2v) is 13.8. The van der Waals surface area contributed by atoms with Crippen LogP contribution in [0, 0.1) is 34.5 Å². The highest BCUT2D eigenvalue weighted by Crippen LogP contribution is 2.64. The fourth-order valence-corrected chi connectivity index (χ4v) is 9.48. The fourth-order valence-electron chi connectivity index (χ4n) is 9.48. The number of nitrogens with one attached hydrogen (secondary N) is 2. The van der Waals surface area contributed by atoms with Gasteiger partial charge in [0.15, 0.2) is 0 Å². The van der Waals surface area contributed by atoms with E-state index in [-0.39, 0.29) is 34.3 Å². The van der Waals surface area contributed by atoms with Crippen molar-refractivity contribution in [3.63, 3.8) is 0 Å². The Morgan fingerprint density at radius 1 is 0.933 bits per heavy atom. The number of hydrogen-bond donors (Lipinski definition) is 2. The number of rotatable bonds is 13. The van der Waals surface area contributed by atoms with Gasteiger partial charge in [-0.15, -0.1) is 6.58 Å². The highest BCUT2D eigenvalue weighted by Gasteiger charge is 2.59. The summed E-state index contributed by atoms with van der Waals surface area (Å²) in [7, 11) is 0. The molecule has 1 heterocycles. The quantitative estimate of drug-likeness (QED) is 0.171. The molecule has 0 bridgehead atoms. The Balaban J connectivity index is 1.38. The van der Waals surface area contributed by atoms with Gasteiger partial charge in [-0.25, -0.2) is 0 Å². The molecule has 2 aromatic carbocycles. The fraction of sp³-hybridized carbons (Fsp3) is 0.568. The number of piperidine rings is 1. The number of fused-ring (bicyclic) bond motifs is 3. The maximum Gasteiger partial charge on any atom is 0.387 e. The monoisotopic (exact) mass is 628 g/mol. The molecule has 8 heteroatoms. The van der Waals surface area contributed by atoms with E-state index in [1.54, 1.807) is 24.3 Å². The van der Waals surface area contributed by atoms with E-state index in [9.17, 15) is 17.6 Å². The lowest BCUT2D eigenvalue weighted by Crippen LogP contribution is -2.61. The zero-order valence-corrected chi connectivity index (χ0v) is 26.7. The van der Waals surface area contributed by atoms with E-state index in [0.29, 0.717) is 23.8 Å². The number of ether oxygens (including phenoxy) is 2. The van der Waals surface area contributed by atoms with Crippen LogP contribution in [0.1, 0.15) is 82.9 Å². The molecule has 5 unspecified atom stereocenters. The van der Waals surface area contributed by atoms with Gasteiger partial charge in [-0.3, -0.25) is 0 Å². The molecule has 246 valence electrons. The average molecular weight is 629 g/mol. The van der Waals surface area contributed by atoms with Crippen molar-refractivity contribution < 1.29 is 27.0 Å². The van der Waals surface area contributed by atoms with Crippen molar-refractivity contribution in [3.8, 4) is 11.5 Å². The second-order valence-electron chi connectivity index (χ2n) is 13.8. The van der Waals surface area contributed by atoms with Crippen LogP contribution in [0.25, 0.3) is 0 Å². The summed E-state index contributed by atoms with van der Waals surface area (Å²) >= 11 is 0. The molecule has 5 rings (SSSR count).